The van der Waals surface area contributed by atoms with Gasteiger partial charge in [0.15, 0.2) is 11.5 Å². The molecule has 0 saturated heterocycles. The minimum absolute atomic E-state index is 0.272. The fourth-order valence-electron chi connectivity index (χ4n) is 3.11. The third kappa shape index (κ3) is 3.72. The Kier molecular flexibility index (Phi) is 5.30. The number of hydrogen-bond donors (Lipinski definition) is 2. The number of aromatic amines is 1. The summed E-state index contributed by atoms with van der Waals surface area (Å²) < 4.78 is 37.8. The largest absolute Gasteiger partial charge is 0.493 e. The monoisotopic (exact) mass is 374 g/mol. The molecular formula is C20H20F2N2O3. The summed E-state index contributed by atoms with van der Waals surface area (Å²) in [6.07, 6.45) is 0.438. The van der Waals surface area contributed by atoms with Crippen LogP contribution in [0.4, 0.5) is 8.78 Å². The Morgan fingerprint density at radius 3 is 2.56 bits per heavy atom. The summed E-state index contributed by atoms with van der Waals surface area (Å²) in [6.45, 7) is 2.11. The van der Waals surface area contributed by atoms with Crippen molar-refractivity contribution in [3.63, 3.8) is 0 Å². The van der Waals surface area contributed by atoms with Crippen LogP contribution in [0.25, 0.3) is 10.9 Å². The van der Waals surface area contributed by atoms with Crippen molar-refractivity contribution in [3.8, 4) is 11.5 Å². The maximum Gasteiger partial charge on any atom is 0.251 e. The summed E-state index contributed by atoms with van der Waals surface area (Å²) in [5, 5.41) is 3.30. The van der Waals surface area contributed by atoms with E-state index in [9.17, 15) is 13.6 Å². The van der Waals surface area contributed by atoms with Gasteiger partial charge >= 0.3 is 0 Å². The van der Waals surface area contributed by atoms with Gasteiger partial charge in [-0.25, -0.2) is 8.78 Å². The number of hydrogen-bond acceptors (Lipinski definition) is 3. The number of carbonyl (C=O) groups is 1. The summed E-state index contributed by atoms with van der Waals surface area (Å²) in [6, 6.07) is 7.03. The van der Waals surface area contributed by atoms with Crippen molar-refractivity contribution in [3.05, 3.63) is 58.8 Å². The van der Waals surface area contributed by atoms with Gasteiger partial charge in [0.25, 0.3) is 5.91 Å². The smallest absolute Gasteiger partial charge is 0.251 e. The summed E-state index contributed by atoms with van der Waals surface area (Å²) in [4.78, 5) is 15.3. The second-order valence-corrected chi connectivity index (χ2v) is 6.11. The molecule has 0 spiro atoms. The van der Waals surface area contributed by atoms with Crippen molar-refractivity contribution in [2.75, 3.05) is 20.8 Å². The highest BCUT2D eigenvalue weighted by Gasteiger charge is 2.15. The topological polar surface area (TPSA) is 63.3 Å². The van der Waals surface area contributed by atoms with E-state index < -0.39 is 11.6 Å². The number of carbonyl (C=O) groups excluding carboxylic acids is 1. The van der Waals surface area contributed by atoms with Crippen molar-refractivity contribution in [1.82, 2.24) is 10.3 Å². The van der Waals surface area contributed by atoms with Crippen molar-refractivity contribution in [2.45, 2.75) is 13.3 Å². The third-order valence-electron chi connectivity index (χ3n) is 4.45. The molecule has 0 atom stereocenters. The molecular weight excluding hydrogens is 354 g/mol. The summed E-state index contributed by atoms with van der Waals surface area (Å²) in [5.41, 5.74) is 2.22. The molecule has 5 nitrogen and oxygen atoms in total. The van der Waals surface area contributed by atoms with Crippen LogP contribution in [0.5, 0.6) is 11.5 Å². The van der Waals surface area contributed by atoms with Crippen LogP contribution in [-0.4, -0.2) is 31.7 Å². The lowest BCUT2D eigenvalue weighted by atomic mass is 10.1. The molecule has 2 aromatic carbocycles. The first kappa shape index (κ1) is 18.7. The molecule has 2 N–H and O–H groups in total. The van der Waals surface area contributed by atoms with Crippen LogP contribution in [0.1, 0.15) is 21.6 Å². The maximum atomic E-state index is 13.9. The summed E-state index contributed by atoms with van der Waals surface area (Å²) in [7, 11) is 3.02. The Hall–Kier alpha value is -3.09. The molecule has 1 amide bonds. The number of benzene rings is 2. The maximum absolute atomic E-state index is 13.9. The van der Waals surface area contributed by atoms with Gasteiger partial charge in [-0.15, -0.1) is 0 Å². The molecule has 27 heavy (non-hydrogen) atoms. The SMILES string of the molecule is COc1ccc(C(=O)NCCc2c(C)[nH]c3c(F)cc(F)cc23)cc1OC. The highest BCUT2D eigenvalue weighted by atomic mass is 19.1. The summed E-state index contributed by atoms with van der Waals surface area (Å²) >= 11 is 0. The zero-order valence-corrected chi connectivity index (χ0v) is 15.3. The van der Waals surface area contributed by atoms with Crippen molar-refractivity contribution in [1.29, 1.82) is 0 Å². The average Bonchev–Trinajstić information content (AvgIpc) is 2.97. The number of nitrogens with one attached hydrogen (secondary N) is 2. The number of ether oxygens (including phenoxy) is 2. The van der Waals surface area contributed by atoms with Gasteiger partial charge in [-0.3, -0.25) is 4.79 Å². The van der Waals surface area contributed by atoms with E-state index >= 15 is 0 Å². The average molecular weight is 374 g/mol. The Labute approximate surface area is 155 Å². The molecule has 142 valence electrons. The number of H-pyrrole nitrogens is 1. The molecule has 3 aromatic rings. The van der Waals surface area contributed by atoms with Crippen molar-refractivity contribution < 1.29 is 23.0 Å². The quantitative estimate of drug-likeness (QED) is 0.691. The molecule has 0 aliphatic carbocycles. The molecule has 7 heteroatoms. The number of amides is 1. The molecule has 3 rings (SSSR count). The van der Waals surface area contributed by atoms with Gasteiger partial charge in [0.2, 0.25) is 0 Å². The Bertz CT molecular complexity index is 999. The van der Waals surface area contributed by atoms with Crippen LogP contribution in [0.3, 0.4) is 0 Å². The minimum Gasteiger partial charge on any atom is -0.493 e. The lowest BCUT2D eigenvalue weighted by molar-refractivity contribution is 0.0953. The van der Waals surface area contributed by atoms with E-state index in [0.29, 0.717) is 35.4 Å². The Morgan fingerprint density at radius 2 is 1.85 bits per heavy atom. The van der Waals surface area contributed by atoms with E-state index in [1.165, 1.54) is 20.3 Å². The van der Waals surface area contributed by atoms with Crippen LogP contribution in [0.2, 0.25) is 0 Å². The van der Waals surface area contributed by atoms with E-state index in [4.69, 9.17) is 9.47 Å². The number of methoxy groups -OCH3 is 2. The molecule has 1 heterocycles. The molecule has 1 aromatic heterocycles. The zero-order chi connectivity index (χ0) is 19.6. The van der Waals surface area contributed by atoms with E-state index in [-0.39, 0.29) is 11.4 Å². The van der Waals surface area contributed by atoms with Gasteiger partial charge in [0, 0.05) is 29.3 Å². The summed E-state index contributed by atoms with van der Waals surface area (Å²) in [5.74, 6) is -0.537. The Morgan fingerprint density at radius 1 is 1.11 bits per heavy atom. The van der Waals surface area contributed by atoms with E-state index in [1.807, 2.05) is 0 Å². The minimum atomic E-state index is -0.631. The molecule has 0 saturated carbocycles. The second kappa shape index (κ2) is 7.65. The van der Waals surface area contributed by atoms with E-state index in [2.05, 4.69) is 10.3 Å². The highest BCUT2D eigenvalue weighted by molar-refractivity contribution is 5.95. The molecule has 0 aliphatic rings. The van der Waals surface area contributed by atoms with E-state index in [0.717, 1.165) is 17.3 Å². The van der Waals surface area contributed by atoms with E-state index in [1.54, 1.807) is 25.1 Å². The number of aryl methyl sites for hydroxylation is 1. The number of halogens is 2. The van der Waals surface area contributed by atoms with Crippen molar-refractivity contribution >= 4 is 16.8 Å². The van der Waals surface area contributed by atoms with Gasteiger partial charge in [-0.1, -0.05) is 0 Å². The van der Waals surface area contributed by atoms with Crippen LogP contribution in [0, 0.1) is 18.6 Å². The number of aromatic nitrogens is 1. The van der Waals surface area contributed by atoms with Crippen LogP contribution < -0.4 is 14.8 Å². The molecule has 0 aliphatic heterocycles. The predicted molar refractivity (Wildman–Crippen MR) is 98.5 cm³/mol. The zero-order valence-electron chi connectivity index (χ0n) is 15.3. The van der Waals surface area contributed by atoms with Crippen LogP contribution >= 0.6 is 0 Å². The highest BCUT2D eigenvalue weighted by Crippen LogP contribution is 2.28. The number of rotatable bonds is 6. The first-order valence-electron chi connectivity index (χ1n) is 8.41. The van der Waals surface area contributed by atoms with Gasteiger partial charge in [0.05, 0.1) is 19.7 Å². The fraction of sp³-hybridized carbons (Fsp3) is 0.250. The fourth-order valence-corrected chi connectivity index (χ4v) is 3.11. The van der Waals surface area contributed by atoms with Gasteiger partial charge in [0.1, 0.15) is 11.6 Å². The van der Waals surface area contributed by atoms with Crippen LogP contribution in [0.15, 0.2) is 30.3 Å². The number of fused-ring (bicyclic) bond motifs is 1. The lowest BCUT2D eigenvalue weighted by Crippen LogP contribution is -2.25. The molecule has 0 bridgehead atoms. The molecule has 0 unspecified atom stereocenters. The van der Waals surface area contributed by atoms with Gasteiger partial charge < -0.3 is 19.8 Å². The normalized spacial score (nSPS) is 10.9. The van der Waals surface area contributed by atoms with Crippen LogP contribution in [-0.2, 0) is 6.42 Å². The standard InChI is InChI=1S/C20H20F2N2O3/c1-11-14(15-9-13(21)10-16(22)19(15)24-11)6-7-23-20(25)12-4-5-17(26-2)18(8-12)27-3/h4-5,8-10,24H,6-7H2,1-3H3,(H,23,25). The van der Waals surface area contributed by atoms with Gasteiger partial charge in [-0.05, 0) is 43.2 Å². The van der Waals surface area contributed by atoms with Gasteiger partial charge in [-0.2, -0.15) is 0 Å². The molecule has 0 fully saturated rings. The molecule has 0 radical (unpaired) electrons. The second-order valence-electron chi connectivity index (χ2n) is 6.11. The first-order chi connectivity index (χ1) is 12.9. The third-order valence-corrected chi connectivity index (χ3v) is 4.45. The Balaban J connectivity index is 1.72. The van der Waals surface area contributed by atoms with Crippen molar-refractivity contribution in [2.24, 2.45) is 0 Å². The lowest BCUT2D eigenvalue weighted by Gasteiger charge is -2.10. The predicted octanol–water partition coefficient (Wildman–Crippen LogP) is 3.74. The first-order valence-corrected chi connectivity index (χ1v) is 8.41.